The molecule has 3 aliphatic rings. The summed E-state index contributed by atoms with van der Waals surface area (Å²) in [5.74, 6) is 1.21. The van der Waals surface area contributed by atoms with E-state index >= 15 is 0 Å². The van der Waals surface area contributed by atoms with E-state index in [1.807, 2.05) is 0 Å². The molecule has 108 valence electrons. The molecule has 0 bridgehead atoms. The molecular formula is C16H28N2O. The molecule has 0 aromatic carbocycles. The molecule has 3 fully saturated rings. The van der Waals surface area contributed by atoms with Gasteiger partial charge in [-0.1, -0.05) is 26.7 Å². The van der Waals surface area contributed by atoms with Crippen molar-refractivity contribution in [1.29, 1.82) is 0 Å². The number of carbonyl (C=O) groups excluding carboxylic acids is 1. The van der Waals surface area contributed by atoms with Crippen molar-refractivity contribution in [3.8, 4) is 0 Å². The Hall–Kier alpha value is -0.570. The summed E-state index contributed by atoms with van der Waals surface area (Å²) in [6.45, 7) is 6.44. The van der Waals surface area contributed by atoms with E-state index in [1.165, 1.54) is 32.1 Å². The number of hydrogen-bond donors (Lipinski definition) is 1. The van der Waals surface area contributed by atoms with Gasteiger partial charge >= 0.3 is 0 Å². The van der Waals surface area contributed by atoms with E-state index in [0.29, 0.717) is 17.4 Å². The zero-order valence-corrected chi connectivity index (χ0v) is 12.5. The van der Waals surface area contributed by atoms with Crippen molar-refractivity contribution in [1.82, 2.24) is 10.2 Å². The molecule has 1 amide bonds. The highest BCUT2D eigenvalue weighted by molar-refractivity contribution is 5.82. The molecule has 1 aliphatic carbocycles. The standard InChI is InChI=1S/C16H28N2O/c1-16(2)9-10-18(11-16)15(19)14-8-7-12-5-3-4-6-13(12)17-14/h12-14,17H,3-11H2,1-2H3. The number of rotatable bonds is 1. The third-order valence-corrected chi connectivity index (χ3v) is 5.44. The zero-order valence-electron chi connectivity index (χ0n) is 12.5. The molecule has 3 heteroatoms. The topological polar surface area (TPSA) is 32.3 Å². The molecule has 1 saturated carbocycles. The van der Waals surface area contributed by atoms with Crippen LogP contribution < -0.4 is 5.32 Å². The summed E-state index contributed by atoms with van der Waals surface area (Å²) in [5.41, 5.74) is 0.317. The van der Waals surface area contributed by atoms with E-state index in [0.717, 1.165) is 31.8 Å². The van der Waals surface area contributed by atoms with Crippen LogP contribution in [0, 0.1) is 11.3 Å². The van der Waals surface area contributed by atoms with Crippen molar-refractivity contribution in [2.45, 2.75) is 70.9 Å². The second kappa shape index (κ2) is 5.08. The van der Waals surface area contributed by atoms with Crippen LogP contribution in [0.1, 0.15) is 58.8 Å². The van der Waals surface area contributed by atoms with Gasteiger partial charge in [-0.25, -0.2) is 0 Å². The monoisotopic (exact) mass is 264 g/mol. The second-order valence-electron chi connectivity index (χ2n) is 7.62. The van der Waals surface area contributed by atoms with Gasteiger partial charge in [0.15, 0.2) is 0 Å². The summed E-state index contributed by atoms with van der Waals surface area (Å²) >= 11 is 0. The first-order valence-corrected chi connectivity index (χ1v) is 8.10. The maximum absolute atomic E-state index is 12.6. The van der Waals surface area contributed by atoms with Gasteiger partial charge in [0.25, 0.3) is 0 Å². The molecule has 3 nitrogen and oxygen atoms in total. The van der Waals surface area contributed by atoms with Crippen LogP contribution in [0.15, 0.2) is 0 Å². The van der Waals surface area contributed by atoms with Gasteiger partial charge < -0.3 is 10.2 Å². The maximum Gasteiger partial charge on any atom is 0.239 e. The molecule has 0 spiro atoms. The molecule has 2 heterocycles. The molecule has 2 saturated heterocycles. The number of nitrogens with one attached hydrogen (secondary N) is 1. The van der Waals surface area contributed by atoms with Crippen LogP contribution in [-0.4, -0.2) is 36.0 Å². The van der Waals surface area contributed by atoms with Crippen molar-refractivity contribution in [2.24, 2.45) is 11.3 Å². The normalized spacial score (nSPS) is 38.0. The minimum absolute atomic E-state index is 0.105. The molecule has 0 aromatic rings. The van der Waals surface area contributed by atoms with Crippen molar-refractivity contribution in [2.75, 3.05) is 13.1 Å². The molecular weight excluding hydrogens is 236 g/mol. The quantitative estimate of drug-likeness (QED) is 0.789. The predicted molar refractivity (Wildman–Crippen MR) is 76.9 cm³/mol. The van der Waals surface area contributed by atoms with Crippen LogP contribution >= 0.6 is 0 Å². The summed E-state index contributed by atoms with van der Waals surface area (Å²) in [6, 6.07) is 0.723. The summed E-state index contributed by atoms with van der Waals surface area (Å²) in [4.78, 5) is 14.7. The van der Waals surface area contributed by atoms with Gasteiger partial charge in [0.05, 0.1) is 6.04 Å². The average Bonchev–Trinajstić information content (AvgIpc) is 2.78. The predicted octanol–water partition coefficient (Wildman–Crippen LogP) is 2.56. The first-order chi connectivity index (χ1) is 9.05. The van der Waals surface area contributed by atoms with Crippen LogP contribution in [0.2, 0.25) is 0 Å². The Labute approximate surface area is 117 Å². The lowest BCUT2D eigenvalue weighted by molar-refractivity contribution is -0.134. The largest absolute Gasteiger partial charge is 0.341 e. The van der Waals surface area contributed by atoms with Crippen LogP contribution in [0.4, 0.5) is 0 Å². The summed E-state index contributed by atoms with van der Waals surface area (Å²) in [7, 11) is 0. The molecule has 3 unspecified atom stereocenters. The Morgan fingerprint density at radius 3 is 2.68 bits per heavy atom. The second-order valence-corrected chi connectivity index (χ2v) is 7.62. The van der Waals surface area contributed by atoms with Gasteiger partial charge in [0.1, 0.15) is 0 Å². The SMILES string of the molecule is CC1(C)CCN(C(=O)C2CCC3CCCCC3N2)C1. The third kappa shape index (κ3) is 2.81. The smallest absolute Gasteiger partial charge is 0.239 e. The highest BCUT2D eigenvalue weighted by atomic mass is 16.2. The van der Waals surface area contributed by atoms with Crippen LogP contribution in [0.5, 0.6) is 0 Å². The van der Waals surface area contributed by atoms with Crippen LogP contribution in [0.3, 0.4) is 0 Å². The van der Waals surface area contributed by atoms with E-state index in [2.05, 4.69) is 24.1 Å². The molecule has 2 aliphatic heterocycles. The Morgan fingerprint density at radius 2 is 1.95 bits per heavy atom. The number of nitrogens with zero attached hydrogens (tertiary/aromatic N) is 1. The summed E-state index contributed by atoms with van der Waals surface area (Å²) in [5, 5.41) is 3.67. The Kier molecular flexibility index (Phi) is 3.59. The fourth-order valence-electron chi connectivity index (χ4n) is 4.21. The highest BCUT2D eigenvalue weighted by Crippen LogP contribution is 2.34. The first-order valence-electron chi connectivity index (χ1n) is 8.10. The summed E-state index contributed by atoms with van der Waals surface area (Å²) < 4.78 is 0. The van der Waals surface area contributed by atoms with Gasteiger partial charge in [0, 0.05) is 19.1 Å². The molecule has 0 radical (unpaired) electrons. The van der Waals surface area contributed by atoms with Crippen molar-refractivity contribution < 1.29 is 4.79 Å². The molecule has 19 heavy (non-hydrogen) atoms. The fraction of sp³-hybridized carbons (Fsp3) is 0.938. The van der Waals surface area contributed by atoms with E-state index in [1.54, 1.807) is 0 Å². The zero-order chi connectivity index (χ0) is 13.5. The molecule has 0 aromatic heterocycles. The van der Waals surface area contributed by atoms with E-state index < -0.39 is 0 Å². The number of likely N-dealkylation sites (tertiary alicyclic amines) is 1. The number of carbonyl (C=O) groups is 1. The van der Waals surface area contributed by atoms with Gasteiger partial charge in [-0.15, -0.1) is 0 Å². The highest BCUT2D eigenvalue weighted by Gasteiger charge is 2.39. The first kappa shape index (κ1) is 13.4. The lowest BCUT2D eigenvalue weighted by Gasteiger charge is -2.41. The Bertz CT molecular complexity index is 353. The van der Waals surface area contributed by atoms with Crippen LogP contribution in [-0.2, 0) is 4.79 Å². The van der Waals surface area contributed by atoms with Crippen molar-refractivity contribution in [3.05, 3.63) is 0 Å². The average molecular weight is 264 g/mol. The third-order valence-electron chi connectivity index (χ3n) is 5.44. The number of hydrogen-bond acceptors (Lipinski definition) is 2. The van der Waals surface area contributed by atoms with Crippen molar-refractivity contribution >= 4 is 5.91 Å². The van der Waals surface area contributed by atoms with Gasteiger partial charge in [-0.2, -0.15) is 0 Å². The molecule has 3 rings (SSSR count). The Balaban J connectivity index is 1.59. The van der Waals surface area contributed by atoms with E-state index in [-0.39, 0.29) is 6.04 Å². The van der Waals surface area contributed by atoms with Gasteiger partial charge in [-0.05, 0) is 43.4 Å². The summed E-state index contributed by atoms with van der Waals surface area (Å²) in [6.07, 6.45) is 8.84. The van der Waals surface area contributed by atoms with E-state index in [4.69, 9.17) is 0 Å². The van der Waals surface area contributed by atoms with Gasteiger partial charge in [-0.3, -0.25) is 4.79 Å². The van der Waals surface area contributed by atoms with Crippen molar-refractivity contribution in [3.63, 3.8) is 0 Å². The fourth-order valence-corrected chi connectivity index (χ4v) is 4.21. The number of fused-ring (bicyclic) bond motifs is 1. The number of amides is 1. The minimum Gasteiger partial charge on any atom is -0.341 e. The molecule has 1 N–H and O–H groups in total. The minimum atomic E-state index is 0.105. The number of piperidine rings is 1. The lowest BCUT2D eigenvalue weighted by Crippen LogP contribution is -2.55. The van der Waals surface area contributed by atoms with E-state index in [9.17, 15) is 4.79 Å². The Morgan fingerprint density at radius 1 is 1.16 bits per heavy atom. The van der Waals surface area contributed by atoms with Gasteiger partial charge in [0.2, 0.25) is 5.91 Å². The molecule has 3 atom stereocenters. The van der Waals surface area contributed by atoms with Crippen LogP contribution in [0.25, 0.3) is 0 Å². The lowest BCUT2D eigenvalue weighted by atomic mass is 9.77. The maximum atomic E-state index is 12.6.